The van der Waals surface area contributed by atoms with E-state index in [2.05, 4.69) is 20.9 Å². The van der Waals surface area contributed by atoms with Gasteiger partial charge in [0, 0.05) is 34.7 Å². The molecule has 1 heterocycles. The normalized spacial score (nSPS) is 13.3. The topological polar surface area (TPSA) is 70.5 Å². The fourth-order valence-electron chi connectivity index (χ4n) is 2.76. The molecule has 25 heavy (non-hydrogen) atoms. The van der Waals surface area contributed by atoms with Crippen molar-refractivity contribution in [3.63, 3.8) is 0 Å². The average Bonchev–Trinajstić information content (AvgIpc) is 2.63. The molecule has 0 saturated carbocycles. The van der Waals surface area contributed by atoms with Crippen LogP contribution in [0.2, 0.25) is 0 Å². The van der Waals surface area contributed by atoms with Crippen molar-refractivity contribution in [2.75, 3.05) is 13.7 Å². The van der Waals surface area contributed by atoms with E-state index < -0.39 is 16.1 Å². The lowest BCUT2D eigenvalue weighted by Crippen LogP contribution is -2.33. The van der Waals surface area contributed by atoms with Gasteiger partial charge in [0.15, 0.2) is 0 Å². The number of pyridine rings is 1. The van der Waals surface area contributed by atoms with E-state index in [9.17, 15) is 13.5 Å². The molecule has 1 atom stereocenters. The molecule has 0 aliphatic heterocycles. The Hall–Kier alpha value is -1.80. The number of hydrogen-bond acceptors (Lipinski definition) is 4. The first kappa shape index (κ1) is 18.0. The Morgan fingerprint density at radius 3 is 2.56 bits per heavy atom. The minimum atomic E-state index is -3.80. The largest absolute Gasteiger partial charge is 0.394 e. The lowest BCUT2D eigenvalue weighted by molar-refractivity contribution is 0.204. The minimum absolute atomic E-state index is 0.200. The van der Waals surface area contributed by atoms with Crippen molar-refractivity contribution >= 4 is 36.7 Å². The van der Waals surface area contributed by atoms with E-state index in [0.717, 1.165) is 15.4 Å². The molecule has 0 fully saturated rings. The van der Waals surface area contributed by atoms with Gasteiger partial charge < -0.3 is 5.11 Å². The summed E-state index contributed by atoms with van der Waals surface area (Å²) < 4.78 is 28.4. The van der Waals surface area contributed by atoms with Gasteiger partial charge in [0.1, 0.15) is 0 Å². The Morgan fingerprint density at radius 1 is 1.16 bits per heavy atom. The Kier molecular flexibility index (Phi) is 5.19. The number of rotatable bonds is 5. The monoisotopic (exact) mass is 420 g/mol. The number of nitrogens with zero attached hydrogens (tertiary/aromatic N) is 2. The molecule has 5 nitrogen and oxygen atoms in total. The van der Waals surface area contributed by atoms with Gasteiger partial charge in [0.05, 0.1) is 17.5 Å². The second-order valence-corrected chi connectivity index (χ2v) is 8.51. The summed E-state index contributed by atoms with van der Waals surface area (Å²) in [7, 11) is -2.32. The van der Waals surface area contributed by atoms with E-state index in [1.165, 1.54) is 11.4 Å². The number of aromatic nitrogens is 1. The van der Waals surface area contributed by atoms with Crippen LogP contribution in [0, 0.1) is 0 Å². The predicted molar refractivity (Wildman–Crippen MR) is 101 cm³/mol. The Balaban J connectivity index is 2.07. The maximum atomic E-state index is 13.2. The molecule has 1 unspecified atom stereocenters. The number of benzene rings is 2. The van der Waals surface area contributed by atoms with Gasteiger partial charge in [-0.2, -0.15) is 4.31 Å². The van der Waals surface area contributed by atoms with E-state index >= 15 is 0 Å². The minimum Gasteiger partial charge on any atom is -0.394 e. The van der Waals surface area contributed by atoms with E-state index in [1.54, 1.807) is 42.7 Å². The van der Waals surface area contributed by atoms with Gasteiger partial charge in [-0.1, -0.05) is 40.2 Å². The van der Waals surface area contributed by atoms with E-state index in [-0.39, 0.29) is 11.5 Å². The molecular formula is C18H17BrN2O3S. The van der Waals surface area contributed by atoms with Gasteiger partial charge in [-0.3, -0.25) is 4.98 Å². The molecule has 130 valence electrons. The van der Waals surface area contributed by atoms with Gasteiger partial charge >= 0.3 is 0 Å². The van der Waals surface area contributed by atoms with Crippen molar-refractivity contribution in [3.8, 4) is 0 Å². The van der Waals surface area contributed by atoms with Crippen molar-refractivity contribution in [1.29, 1.82) is 0 Å². The molecule has 1 N–H and O–H groups in total. The molecule has 0 spiro atoms. The van der Waals surface area contributed by atoms with Gasteiger partial charge in [-0.15, -0.1) is 0 Å². The Morgan fingerprint density at radius 2 is 1.88 bits per heavy atom. The number of aliphatic hydroxyl groups excluding tert-OH is 1. The summed E-state index contributed by atoms with van der Waals surface area (Å²) in [5, 5.41) is 11.2. The first-order valence-corrected chi connectivity index (χ1v) is 9.85. The van der Waals surface area contributed by atoms with Crippen molar-refractivity contribution in [2.45, 2.75) is 10.9 Å². The molecule has 7 heteroatoms. The summed E-state index contributed by atoms with van der Waals surface area (Å²) in [6, 6.07) is 13.3. The number of fused-ring (bicyclic) bond motifs is 1. The summed E-state index contributed by atoms with van der Waals surface area (Å²) in [5.41, 5.74) is 0.721. The van der Waals surface area contributed by atoms with Crippen LogP contribution >= 0.6 is 15.9 Å². The third-order valence-electron chi connectivity index (χ3n) is 4.16. The van der Waals surface area contributed by atoms with Crippen LogP contribution in [0.25, 0.3) is 10.8 Å². The highest BCUT2D eigenvalue weighted by molar-refractivity contribution is 9.10. The number of sulfonamides is 1. The summed E-state index contributed by atoms with van der Waals surface area (Å²) in [6.45, 7) is -0.316. The molecular weight excluding hydrogens is 404 g/mol. The van der Waals surface area contributed by atoms with Crippen LogP contribution in [0.4, 0.5) is 0 Å². The second kappa shape index (κ2) is 7.21. The Bertz CT molecular complexity index is 985. The first-order chi connectivity index (χ1) is 11.9. The highest BCUT2D eigenvalue weighted by Crippen LogP contribution is 2.30. The SMILES string of the molecule is CN(C(CO)c1ccc(Br)cc1)S(=O)(=O)c1cccc2cnccc12. The number of halogens is 1. The number of aliphatic hydroxyl groups is 1. The quantitative estimate of drug-likeness (QED) is 0.686. The van der Waals surface area contributed by atoms with Crippen LogP contribution in [0.1, 0.15) is 11.6 Å². The summed E-state index contributed by atoms with van der Waals surface area (Å²) >= 11 is 3.36. The average molecular weight is 421 g/mol. The highest BCUT2D eigenvalue weighted by atomic mass is 79.9. The Labute approximate surface area is 155 Å². The van der Waals surface area contributed by atoms with Crippen LogP contribution in [0.3, 0.4) is 0 Å². The molecule has 0 saturated heterocycles. The molecule has 0 aliphatic rings. The van der Waals surface area contributed by atoms with Crippen LogP contribution in [0.5, 0.6) is 0 Å². The second-order valence-electron chi connectivity index (χ2n) is 5.62. The highest BCUT2D eigenvalue weighted by Gasteiger charge is 2.30. The number of likely N-dealkylation sites (N-methyl/N-ethyl adjacent to an activating group) is 1. The van der Waals surface area contributed by atoms with E-state index in [0.29, 0.717) is 5.39 Å². The molecule has 0 aliphatic carbocycles. The van der Waals surface area contributed by atoms with Gasteiger partial charge in [0.2, 0.25) is 10.0 Å². The summed E-state index contributed by atoms with van der Waals surface area (Å²) in [5.74, 6) is 0. The van der Waals surface area contributed by atoms with Crippen LogP contribution in [-0.4, -0.2) is 36.5 Å². The predicted octanol–water partition coefficient (Wildman–Crippen LogP) is 3.35. The van der Waals surface area contributed by atoms with E-state index in [4.69, 9.17) is 0 Å². The van der Waals surface area contributed by atoms with Crippen LogP contribution in [-0.2, 0) is 10.0 Å². The molecule has 3 rings (SSSR count). The number of hydrogen-bond donors (Lipinski definition) is 1. The molecule has 0 bridgehead atoms. The third kappa shape index (κ3) is 3.46. The van der Waals surface area contributed by atoms with Crippen LogP contribution in [0.15, 0.2) is 70.3 Å². The first-order valence-electron chi connectivity index (χ1n) is 7.62. The zero-order valence-electron chi connectivity index (χ0n) is 13.5. The molecule has 0 radical (unpaired) electrons. The van der Waals surface area contributed by atoms with Crippen molar-refractivity contribution in [3.05, 3.63) is 71.0 Å². The summed E-state index contributed by atoms with van der Waals surface area (Å²) in [4.78, 5) is 4.23. The zero-order chi connectivity index (χ0) is 18.0. The smallest absolute Gasteiger partial charge is 0.244 e. The maximum Gasteiger partial charge on any atom is 0.244 e. The van der Waals surface area contributed by atoms with Crippen molar-refractivity contribution < 1.29 is 13.5 Å². The summed E-state index contributed by atoms with van der Waals surface area (Å²) in [6.07, 6.45) is 3.20. The fraction of sp³-hybridized carbons (Fsp3) is 0.167. The zero-order valence-corrected chi connectivity index (χ0v) is 15.9. The third-order valence-corrected chi connectivity index (χ3v) is 6.62. The van der Waals surface area contributed by atoms with Crippen molar-refractivity contribution in [1.82, 2.24) is 9.29 Å². The lowest BCUT2D eigenvalue weighted by atomic mass is 10.1. The van der Waals surface area contributed by atoms with Crippen LogP contribution < -0.4 is 0 Å². The molecule has 2 aromatic carbocycles. The van der Waals surface area contributed by atoms with Gasteiger partial charge in [-0.05, 0) is 29.8 Å². The van der Waals surface area contributed by atoms with Crippen molar-refractivity contribution in [2.24, 2.45) is 0 Å². The van der Waals surface area contributed by atoms with E-state index in [1.807, 2.05) is 18.2 Å². The standard InChI is InChI=1S/C18H17BrN2O3S/c1-21(17(12-22)13-5-7-15(19)8-6-13)25(23,24)18-4-2-3-14-11-20-10-9-16(14)18/h2-11,17,22H,12H2,1H3. The molecule has 3 aromatic rings. The van der Waals surface area contributed by atoms with Gasteiger partial charge in [0.25, 0.3) is 0 Å². The molecule has 1 aromatic heterocycles. The lowest BCUT2D eigenvalue weighted by Gasteiger charge is -2.27. The molecule has 0 amide bonds. The van der Waals surface area contributed by atoms with Gasteiger partial charge in [-0.25, -0.2) is 8.42 Å². The maximum absolute atomic E-state index is 13.2. The fourth-order valence-corrected chi connectivity index (χ4v) is 4.57.